The van der Waals surface area contributed by atoms with E-state index in [9.17, 15) is 0 Å². The second-order valence-corrected chi connectivity index (χ2v) is 5.86. The molecule has 98 valence electrons. The van der Waals surface area contributed by atoms with Crippen LogP contribution in [0.1, 0.15) is 52.4 Å². The molecule has 0 heterocycles. The summed E-state index contributed by atoms with van der Waals surface area (Å²) in [5.41, 5.74) is 1.68. The van der Waals surface area contributed by atoms with E-state index in [2.05, 4.69) is 25.7 Å². The van der Waals surface area contributed by atoms with Crippen LogP contribution in [-0.2, 0) is 4.74 Å². The van der Waals surface area contributed by atoms with Crippen LogP contribution in [0.5, 0.6) is 0 Å². The lowest BCUT2D eigenvalue weighted by molar-refractivity contribution is -0.149. The standard InChI is InChI=1S/C15H27NO/c1-4-17-14-10-13(16-11-12(2)3)15(14)8-6-5-7-9-15/h13-14,16H,2,4-11H2,1,3H3. The van der Waals surface area contributed by atoms with Crippen LogP contribution in [0.15, 0.2) is 12.2 Å². The summed E-state index contributed by atoms with van der Waals surface area (Å²) in [6.07, 6.45) is 8.59. The molecule has 2 atom stereocenters. The predicted octanol–water partition coefficient (Wildman–Crippen LogP) is 3.28. The summed E-state index contributed by atoms with van der Waals surface area (Å²) < 4.78 is 5.95. The van der Waals surface area contributed by atoms with Crippen molar-refractivity contribution in [1.29, 1.82) is 0 Å². The largest absolute Gasteiger partial charge is 0.378 e. The Balaban J connectivity index is 1.95. The highest BCUT2D eigenvalue weighted by atomic mass is 16.5. The second kappa shape index (κ2) is 5.53. The third-order valence-electron chi connectivity index (χ3n) is 4.59. The van der Waals surface area contributed by atoms with Crippen molar-refractivity contribution in [2.24, 2.45) is 5.41 Å². The van der Waals surface area contributed by atoms with Gasteiger partial charge in [0, 0.05) is 24.6 Å². The molecule has 0 saturated heterocycles. The van der Waals surface area contributed by atoms with Crippen LogP contribution in [0.4, 0.5) is 0 Å². The van der Waals surface area contributed by atoms with Crippen molar-refractivity contribution in [3.05, 3.63) is 12.2 Å². The molecule has 0 amide bonds. The van der Waals surface area contributed by atoms with Gasteiger partial charge in [-0.1, -0.05) is 31.4 Å². The molecule has 2 rings (SSSR count). The predicted molar refractivity (Wildman–Crippen MR) is 72.2 cm³/mol. The molecule has 0 radical (unpaired) electrons. The van der Waals surface area contributed by atoms with E-state index in [-0.39, 0.29) is 0 Å². The maximum Gasteiger partial charge on any atom is 0.0661 e. The first kappa shape index (κ1) is 13.1. The molecule has 2 unspecified atom stereocenters. The minimum absolute atomic E-state index is 0.448. The molecule has 0 bridgehead atoms. The van der Waals surface area contributed by atoms with Crippen LogP contribution in [0.3, 0.4) is 0 Å². The van der Waals surface area contributed by atoms with Gasteiger partial charge in [-0.05, 0) is 33.1 Å². The molecule has 2 fully saturated rings. The Hall–Kier alpha value is -0.340. The van der Waals surface area contributed by atoms with Crippen LogP contribution in [0, 0.1) is 5.41 Å². The quantitative estimate of drug-likeness (QED) is 0.741. The van der Waals surface area contributed by atoms with E-state index >= 15 is 0 Å². The first-order valence-electron chi connectivity index (χ1n) is 7.18. The van der Waals surface area contributed by atoms with E-state index in [0.717, 1.165) is 13.2 Å². The van der Waals surface area contributed by atoms with E-state index in [1.165, 1.54) is 44.1 Å². The summed E-state index contributed by atoms with van der Waals surface area (Å²) in [5.74, 6) is 0. The minimum Gasteiger partial charge on any atom is -0.378 e. The van der Waals surface area contributed by atoms with Crippen molar-refractivity contribution in [3.63, 3.8) is 0 Å². The average molecular weight is 237 g/mol. The zero-order valence-corrected chi connectivity index (χ0v) is 11.4. The molecule has 0 aromatic rings. The lowest BCUT2D eigenvalue weighted by Crippen LogP contribution is -2.64. The molecule has 2 aliphatic rings. The Morgan fingerprint density at radius 3 is 2.65 bits per heavy atom. The molecule has 2 nitrogen and oxygen atoms in total. The van der Waals surface area contributed by atoms with Gasteiger partial charge in [-0.2, -0.15) is 0 Å². The SMILES string of the molecule is C=C(C)CNC1CC(OCC)C12CCCCC2. The lowest BCUT2D eigenvalue weighted by Gasteiger charge is -2.58. The van der Waals surface area contributed by atoms with Crippen LogP contribution in [-0.4, -0.2) is 25.3 Å². The molecule has 17 heavy (non-hydrogen) atoms. The van der Waals surface area contributed by atoms with Crippen molar-refractivity contribution >= 4 is 0 Å². The number of ether oxygens (including phenoxy) is 1. The Morgan fingerprint density at radius 2 is 2.06 bits per heavy atom. The van der Waals surface area contributed by atoms with E-state index in [1.807, 2.05) is 0 Å². The van der Waals surface area contributed by atoms with E-state index in [0.29, 0.717) is 17.6 Å². The number of hydrogen-bond acceptors (Lipinski definition) is 2. The molecule has 2 saturated carbocycles. The highest BCUT2D eigenvalue weighted by molar-refractivity contribution is 5.10. The molecule has 2 heteroatoms. The molecule has 2 aliphatic carbocycles. The van der Waals surface area contributed by atoms with Crippen LogP contribution >= 0.6 is 0 Å². The number of hydrogen-bond donors (Lipinski definition) is 1. The first-order valence-corrected chi connectivity index (χ1v) is 7.18. The third kappa shape index (κ3) is 2.58. The van der Waals surface area contributed by atoms with Gasteiger partial charge in [0.1, 0.15) is 0 Å². The highest BCUT2D eigenvalue weighted by Crippen LogP contribution is 2.53. The Morgan fingerprint density at radius 1 is 1.35 bits per heavy atom. The third-order valence-corrected chi connectivity index (χ3v) is 4.59. The Labute approximate surface area is 106 Å². The van der Waals surface area contributed by atoms with Gasteiger partial charge in [-0.25, -0.2) is 0 Å². The van der Waals surface area contributed by atoms with E-state index in [1.54, 1.807) is 0 Å². The summed E-state index contributed by atoms with van der Waals surface area (Å²) in [6.45, 7) is 10.0. The summed E-state index contributed by atoms with van der Waals surface area (Å²) in [7, 11) is 0. The van der Waals surface area contributed by atoms with Gasteiger partial charge >= 0.3 is 0 Å². The fraction of sp³-hybridized carbons (Fsp3) is 0.867. The summed E-state index contributed by atoms with van der Waals surface area (Å²) >= 11 is 0. The van der Waals surface area contributed by atoms with Gasteiger partial charge in [-0.3, -0.25) is 0 Å². The molecular weight excluding hydrogens is 210 g/mol. The van der Waals surface area contributed by atoms with Gasteiger partial charge < -0.3 is 10.1 Å². The van der Waals surface area contributed by atoms with E-state index < -0.39 is 0 Å². The van der Waals surface area contributed by atoms with Gasteiger partial charge in [-0.15, -0.1) is 0 Å². The van der Waals surface area contributed by atoms with Gasteiger partial charge in [0.05, 0.1) is 6.10 Å². The molecule has 1 spiro atoms. The van der Waals surface area contributed by atoms with Gasteiger partial charge in [0.2, 0.25) is 0 Å². The molecule has 0 aromatic carbocycles. The Bertz CT molecular complexity index is 268. The average Bonchev–Trinajstić information content (AvgIpc) is 2.33. The van der Waals surface area contributed by atoms with Crippen molar-refractivity contribution < 1.29 is 4.74 Å². The summed E-state index contributed by atoms with van der Waals surface area (Å²) in [6, 6.07) is 0.663. The van der Waals surface area contributed by atoms with Gasteiger partial charge in [0.25, 0.3) is 0 Å². The van der Waals surface area contributed by atoms with Gasteiger partial charge in [0.15, 0.2) is 0 Å². The maximum absolute atomic E-state index is 5.95. The fourth-order valence-electron chi connectivity index (χ4n) is 3.65. The molecule has 1 N–H and O–H groups in total. The first-order chi connectivity index (χ1) is 8.19. The van der Waals surface area contributed by atoms with Crippen molar-refractivity contribution in [1.82, 2.24) is 5.32 Å². The van der Waals surface area contributed by atoms with Crippen LogP contribution in [0.25, 0.3) is 0 Å². The Kier molecular flexibility index (Phi) is 4.26. The maximum atomic E-state index is 5.95. The number of nitrogens with one attached hydrogen (secondary N) is 1. The number of rotatable bonds is 5. The summed E-state index contributed by atoms with van der Waals surface area (Å²) in [4.78, 5) is 0. The van der Waals surface area contributed by atoms with Crippen molar-refractivity contribution in [2.75, 3.05) is 13.2 Å². The second-order valence-electron chi connectivity index (χ2n) is 5.86. The van der Waals surface area contributed by atoms with Crippen LogP contribution in [0.2, 0.25) is 0 Å². The minimum atomic E-state index is 0.448. The molecule has 0 aromatic heterocycles. The molecular formula is C15H27NO. The molecule has 0 aliphatic heterocycles. The zero-order valence-electron chi connectivity index (χ0n) is 11.4. The lowest BCUT2D eigenvalue weighted by atomic mass is 9.55. The zero-order chi connectivity index (χ0) is 12.3. The topological polar surface area (TPSA) is 21.3 Å². The fourth-order valence-corrected chi connectivity index (χ4v) is 3.65. The van der Waals surface area contributed by atoms with E-state index in [4.69, 9.17) is 4.74 Å². The smallest absolute Gasteiger partial charge is 0.0661 e. The van der Waals surface area contributed by atoms with Crippen molar-refractivity contribution in [2.45, 2.75) is 64.5 Å². The normalized spacial score (nSPS) is 31.2. The van der Waals surface area contributed by atoms with Crippen molar-refractivity contribution in [3.8, 4) is 0 Å². The monoisotopic (exact) mass is 237 g/mol. The highest BCUT2D eigenvalue weighted by Gasteiger charge is 2.55. The summed E-state index contributed by atoms with van der Waals surface area (Å²) in [5, 5.41) is 3.69. The van der Waals surface area contributed by atoms with Crippen LogP contribution < -0.4 is 5.32 Å².